The molecule has 0 bridgehead atoms. The van der Waals surface area contributed by atoms with Gasteiger partial charge in [0.05, 0.1) is 0 Å². The number of rotatable bonds is 3. The van der Waals surface area contributed by atoms with Crippen LogP contribution in [0.15, 0.2) is 45.5 Å². The monoisotopic (exact) mass is 410 g/mol. The molecule has 6 nitrogen and oxygen atoms in total. The van der Waals surface area contributed by atoms with Crippen molar-refractivity contribution in [3.63, 3.8) is 0 Å². The summed E-state index contributed by atoms with van der Waals surface area (Å²) in [6.45, 7) is 7.88. The lowest BCUT2D eigenvalue weighted by Crippen LogP contribution is -2.40. The molecule has 0 unspecified atom stereocenters. The molecule has 0 aliphatic carbocycles. The SMILES string of the molecule is CC(C)(C)c1ccc(NC(=O)N2CCC(c3nnc(-c4ccsc4)o3)CC2)cc1. The van der Waals surface area contributed by atoms with Crippen molar-refractivity contribution >= 4 is 23.1 Å². The van der Waals surface area contributed by atoms with Gasteiger partial charge in [0.1, 0.15) is 0 Å². The number of nitrogens with zero attached hydrogens (tertiary/aromatic N) is 3. The number of anilines is 1. The largest absolute Gasteiger partial charge is 0.420 e. The van der Waals surface area contributed by atoms with Crippen LogP contribution in [-0.4, -0.2) is 34.2 Å². The molecule has 152 valence electrons. The summed E-state index contributed by atoms with van der Waals surface area (Å²) in [7, 11) is 0. The van der Waals surface area contributed by atoms with Gasteiger partial charge in [-0.3, -0.25) is 0 Å². The number of piperidine rings is 1. The fourth-order valence-corrected chi connectivity index (χ4v) is 4.12. The Balaban J connectivity index is 1.32. The minimum absolute atomic E-state index is 0.0588. The van der Waals surface area contributed by atoms with Gasteiger partial charge in [0.15, 0.2) is 0 Å². The maximum absolute atomic E-state index is 12.6. The van der Waals surface area contributed by atoms with Crippen LogP contribution < -0.4 is 5.32 Å². The number of benzene rings is 1. The zero-order valence-corrected chi connectivity index (χ0v) is 17.8. The minimum atomic E-state index is -0.0588. The fraction of sp³-hybridized carbons (Fsp3) is 0.409. The van der Waals surface area contributed by atoms with Gasteiger partial charge in [-0.05, 0) is 47.4 Å². The number of hydrogen-bond donors (Lipinski definition) is 1. The summed E-state index contributed by atoms with van der Waals surface area (Å²) in [4.78, 5) is 14.5. The van der Waals surface area contributed by atoms with Crippen LogP contribution in [-0.2, 0) is 5.41 Å². The number of carbonyl (C=O) groups excluding carboxylic acids is 1. The number of likely N-dealkylation sites (tertiary alicyclic amines) is 1. The average molecular weight is 411 g/mol. The highest BCUT2D eigenvalue weighted by atomic mass is 32.1. The third kappa shape index (κ3) is 4.50. The van der Waals surface area contributed by atoms with Gasteiger partial charge in [-0.25, -0.2) is 4.79 Å². The standard InChI is InChI=1S/C22H26N4O2S/c1-22(2,3)17-4-6-18(7-5-17)23-21(27)26-11-8-15(9-12-26)19-24-25-20(28-19)16-10-13-29-14-16/h4-7,10,13-15H,8-9,11-12H2,1-3H3,(H,23,27). The van der Waals surface area contributed by atoms with Crippen LogP contribution in [0.4, 0.5) is 10.5 Å². The molecule has 7 heteroatoms. The first-order chi connectivity index (χ1) is 13.9. The number of amides is 2. The van der Waals surface area contributed by atoms with Crippen LogP contribution in [0.1, 0.15) is 51.0 Å². The van der Waals surface area contributed by atoms with Gasteiger partial charge < -0.3 is 14.6 Å². The molecular formula is C22H26N4O2S. The Labute approximate surface area is 175 Å². The van der Waals surface area contributed by atoms with Crippen molar-refractivity contribution in [1.82, 2.24) is 15.1 Å². The molecule has 1 aliphatic rings. The zero-order valence-electron chi connectivity index (χ0n) is 17.0. The normalized spacial score (nSPS) is 15.5. The van der Waals surface area contributed by atoms with Crippen LogP contribution in [0.3, 0.4) is 0 Å². The minimum Gasteiger partial charge on any atom is -0.420 e. The van der Waals surface area contributed by atoms with E-state index in [0.717, 1.165) is 24.1 Å². The molecule has 3 heterocycles. The summed E-state index contributed by atoms with van der Waals surface area (Å²) in [5, 5.41) is 15.4. The molecule has 29 heavy (non-hydrogen) atoms. The maximum Gasteiger partial charge on any atom is 0.321 e. The van der Waals surface area contributed by atoms with Crippen molar-refractivity contribution in [2.75, 3.05) is 18.4 Å². The Morgan fingerprint density at radius 1 is 1.14 bits per heavy atom. The predicted octanol–water partition coefficient (Wildman–Crippen LogP) is 5.51. The van der Waals surface area contributed by atoms with E-state index >= 15 is 0 Å². The van der Waals surface area contributed by atoms with Gasteiger partial charge in [0.2, 0.25) is 11.8 Å². The topological polar surface area (TPSA) is 71.3 Å². The lowest BCUT2D eigenvalue weighted by Gasteiger charge is -2.30. The second-order valence-electron chi connectivity index (χ2n) is 8.48. The zero-order chi connectivity index (χ0) is 20.4. The van der Waals surface area contributed by atoms with E-state index in [1.165, 1.54) is 5.56 Å². The highest BCUT2D eigenvalue weighted by molar-refractivity contribution is 7.08. The van der Waals surface area contributed by atoms with E-state index in [4.69, 9.17) is 4.42 Å². The summed E-state index contributed by atoms with van der Waals surface area (Å²) < 4.78 is 5.86. The van der Waals surface area contributed by atoms with E-state index in [-0.39, 0.29) is 17.4 Å². The Kier molecular flexibility index (Phi) is 5.41. The average Bonchev–Trinajstić information content (AvgIpc) is 3.39. The van der Waals surface area contributed by atoms with Gasteiger partial charge in [0.25, 0.3) is 0 Å². The van der Waals surface area contributed by atoms with Crippen LogP contribution in [0.2, 0.25) is 0 Å². The molecule has 1 aliphatic heterocycles. The predicted molar refractivity (Wildman–Crippen MR) is 115 cm³/mol. The Bertz CT molecular complexity index is 950. The van der Waals surface area contributed by atoms with Gasteiger partial charge >= 0.3 is 6.03 Å². The Hall–Kier alpha value is -2.67. The van der Waals surface area contributed by atoms with Crippen LogP contribution >= 0.6 is 11.3 Å². The van der Waals surface area contributed by atoms with Gasteiger partial charge in [-0.2, -0.15) is 11.3 Å². The summed E-state index contributed by atoms with van der Waals surface area (Å²) in [6.07, 6.45) is 1.64. The number of hydrogen-bond acceptors (Lipinski definition) is 5. The molecule has 1 aromatic carbocycles. The second kappa shape index (κ2) is 7.99. The van der Waals surface area contributed by atoms with E-state index in [1.807, 2.05) is 33.9 Å². The highest BCUT2D eigenvalue weighted by Gasteiger charge is 2.27. The van der Waals surface area contributed by atoms with Crippen molar-refractivity contribution in [3.05, 3.63) is 52.5 Å². The van der Waals surface area contributed by atoms with Crippen molar-refractivity contribution in [1.29, 1.82) is 0 Å². The quantitative estimate of drug-likeness (QED) is 0.618. The molecule has 0 radical (unpaired) electrons. The Morgan fingerprint density at radius 2 is 1.86 bits per heavy atom. The molecule has 2 amide bonds. The molecule has 1 saturated heterocycles. The maximum atomic E-state index is 12.6. The van der Waals surface area contributed by atoms with Crippen molar-refractivity contribution in [2.45, 2.75) is 44.9 Å². The summed E-state index contributed by atoms with van der Waals surface area (Å²) >= 11 is 1.61. The summed E-state index contributed by atoms with van der Waals surface area (Å²) in [5.41, 5.74) is 3.13. The van der Waals surface area contributed by atoms with Gasteiger partial charge in [-0.15, -0.1) is 10.2 Å². The van der Waals surface area contributed by atoms with E-state index in [9.17, 15) is 4.79 Å². The van der Waals surface area contributed by atoms with Crippen LogP contribution in [0, 0.1) is 0 Å². The molecule has 1 fully saturated rings. The lowest BCUT2D eigenvalue weighted by atomic mass is 9.87. The van der Waals surface area contributed by atoms with E-state index in [1.54, 1.807) is 11.3 Å². The van der Waals surface area contributed by atoms with Crippen LogP contribution in [0.25, 0.3) is 11.5 Å². The molecule has 4 rings (SSSR count). The molecule has 0 saturated carbocycles. The molecule has 2 aromatic heterocycles. The first-order valence-corrected chi connectivity index (χ1v) is 10.9. The number of nitrogens with one attached hydrogen (secondary N) is 1. The van der Waals surface area contributed by atoms with E-state index < -0.39 is 0 Å². The third-order valence-corrected chi connectivity index (χ3v) is 6.03. The first-order valence-electron chi connectivity index (χ1n) is 9.92. The molecule has 3 aromatic rings. The number of urea groups is 1. The third-order valence-electron chi connectivity index (χ3n) is 5.34. The van der Waals surface area contributed by atoms with Crippen molar-refractivity contribution in [3.8, 4) is 11.5 Å². The summed E-state index contributed by atoms with van der Waals surface area (Å²) in [6, 6.07) is 10.00. The van der Waals surface area contributed by atoms with Gasteiger partial charge in [0, 0.05) is 35.6 Å². The smallest absolute Gasteiger partial charge is 0.321 e. The molecule has 0 spiro atoms. The molecule has 1 N–H and O–H groups in total. The fourth-order valence-electron chi connectivity index (χ4n) is 3.49. The lowest BCUT2D eigenvalue weighted by molar-refractivity contribution is 0.190. The molecular weight excluding hydrogens is 384 g/mol. The highest BCUT2D eigenvalue weighted by Crippen LogP contribution is 2.30. The van der Waals surface area contributed by atoms with E-state index in [0.29, 0.717) is 24.9 Å². The van der Waals surface area contributed by atoms with Crippen molar-refractivity contribution in [2.24, 2.45) is 0 Å². The second-order valence-corrected chi connectivity index (χ2v) is 9.26. The van der Waals surface area contributed by atoms with Crippen LogP contribution in [0.5, 0.6) is 0 Å². The van der Waals surface area contributed by atoms with Gasteiger partial charge in [-0.1, -0.05) is 32.9 Å². The van der Waals surface area contributed by atoms with Crippen molar-refractivity contribution < 1.29 is 9.21 Å². The molecule has 0 atom stereocenters. The Morgan fingerprint density at radius 3 is 2.48 bits per heavy atom. The number of aromatic nitrogens is 2. The first kappa shape index (κ1) is 19.6. The number of carbonyl (C=O) groups is 1. The number of thiophene rings is 1. The summed E-state index contributed by atoms with van der Waals surface area (Å²) in [5.74, 6) is 1.44. The van der Waals surface area contributed by atoms with E-state index in [2.05, 4.69) is 48.4 Å².